The molecular weight excluding hydrogens is 350 g/mol. The molecule has 7 nitrogen and oxygen atoms in total. The smallest absolute Gasteiger partial charge is 0.234 e. The van der Waals surface area contributed by atoms with E-state index in [-0.39, 0.29) is 17.2 Å². The van der Waals surface area contributed by atoms with Crippen molar-refractivity contribution in [3.05, 3.63) is 5.28 Å². The molecule has 0 amide bonds. The van der Waals surface area contributed by atoms with E-state index in [1.807, 2.05) is 6.07 Å². The lowest BCUT2D eigenvalue weighted by molar-refractivity contribution is 0.207. The Morgan fingerprint density at radius 3 is 2.25 bits per heavy atom. The van der Waals surface area contributed by atoms with Gasteiger partial charge in [-0.2, -0.15) is 20.2 Å². The molecule has 3 N–H and O–H groups in total. The van der Waals surface area contributed by atoms with Crippen LogP contribution in [0.5, 0.6) is 0 Å². The van der Waals surface area contributed by atoms with Gasteiger partial charge in [0.05, 0.1) is 6.07 Å². The van der Waals surface area contributed by atoms with Crippen molar-refractivity contribution in [2.45, 2.75) is 29.4 Å². The number of rotatable bonds is 4. The van der Waals surface area contributed by atoms with Crippen molar-refractivity contribution in [1.82, 2.24) is 15.0 Å². The highest BCUT2D eigenvalue weighted by atomic mass is 35.6. The van der Waals surface area contributed by atoms with E-state index in [1.54, 1.807) is 13.8 Å². The van der Waals surface area contributed by atoms with E-state index >= 15 is 0 Å². The Balaban J connectivity index is 2.96. The largest absolute Gasteiger partial charge is 0.369 e. The average Bonchev–Trinajstić information content (AvgIpc) is 2.26. The molecule has 110 valence electrons. The van der Waals surface area contributed by atoms with Gasteiger partial charge in [0.2, 0.25) is 21.0 Å². The Labute approximate surface area is 135 Å². The Bertz CT molecular complexity index is 526. The summed E-state index contributed by atoms with van der Waals surface area (Å²) in [6, 6.07) is 2.01. The minimum Gasteiger partial charge on any atom is -0.369 e. The molecule has 1 aromatic heterocycles. The van der Waals surface area contributed by atoms with Crippen LogP contribution in [0, 0.1) is 11.3 Å². The molecule has 0 saturated heterocycles. The molecule has 0 aliphatic heterocycles. The van der Waals surface area contributed by atoms with Crippen LogP contribution in [-0.4, -0.2) is 35.6 Å². The van der Waals surface area contributed by atoms with Gasteiger partial charge in [0.25, 0.3) is 0 Å². The van der Waals surface area contributed by atoms with Crippen LogP contribution in [-0.2, 0) is 0 Å². The molecule has 0 spiro atoms. The second kappa shape index (κ2) is 6.33. The lowest BCUT2D eigenvalue weighted by atomic mass is 10.1. The molecule has 1 atom stereocenters. The third kappa shape index (κ3) is 5.31. The highest BCUT2D eigenvalue weighted by Crippen LogP contribution is 2.30. The topological polar surface area (TPSA) is 107 Å². The van der Waals surface area contributed by atoms with E-state index in [0.717, 1.165) is 0 Å². The summed E-state index contributed by atoms with van der Waals surface area (Å²) in [5.74, 6) is -0.0735. The fourth-order valence-corrected chi connectivity index (χ4v) is 1.31. The predicted octanol–water partition coefficient (Wildman–Crippen LogP) is 2.34. The van der Waals surface area contributed by atoms with Crippen LogP contribution in [0.15, 0.2) is 0 Å². The summed E-state index contributed by atoms with van der Waals surface area (Å²) in [7, 11) is 0. The van der Waals surface area contributed by atoms with Crippen LogP contribution in [0.1, 0.15) is 13.8 Å². The van der Waals surface area contributed by atoms with Crippen LogP contribution in [0.25, 0.3) is 0 Å². The fraction of sp³-hybridized carbons (Fsp3) is 0.556. The lowest BCUT2D eigenvalue weighted by Crippen LogP contribution is -2.34. The third-order valence-electron chi connectivity index (χ3n) is 1.89. The minimum atomic E-state index is -1.97. The van der Waals surface area contributed by atoms with Crippen molar-refractivity contribution in [2.24, 2.45) is 0 Å². The monoisotopic (exact) mass is 358 g/mol. The van der Waals surface area contributed by atoms with Gasteiger partial charge < -0.3 is 15.7 Å². The third-order valence-corrected chi connectivity index (χ3v) is 2.68. The van der Waals surface area contributed by atoms with Gasteiger partial charge in [0, 0.05) is 0 Å². The number of nitrogens with one attached hydrogen (secondary N) is 2. The van der Waals surface area contributed by atoms with Crippen molar-refractivity contribution in [3.8, 4) is 6.07 Å². The Kier molecular flexibility index (Phi) is 5.46. The maximum absolute atomic E-state index is 9.58. The van der Waals surface area contributed by atoms with Crippen LogP contribution in [0.2, 0.25) is 5.28 Å². The van der Waals surface area contributed by atoms with Gasteiger partial charge in [0.1, 0.15) is 5.54 Å². The van der Waals surface area contributed by atoms with E-state index < -0.39 is 15.6 Å². The van der Waals surface area contributed by atoms with Crippen molar-refractivity contribution < 1.29 is 5.11 Å². The molecular formula is C9H10Cl4N6O. The maximum Gasteiger partial charge on any atom is 0.234 e. The van der Waals surface area contributed by atoms with Gasteiger partial charge in [-0.05, 0) is 25.4 Å². The zero-order chi connectivity index (χ0) is 15.6. The second-order valence-electron chi connectivity index (χ2n) is 4.20. The van der Waals surface area contributed by atoms with Gasteiger partial charge in [0.15, 0.2) is 6.23 Å². The lowest BCUT2D eigenvalue weighted by Gasteiger charge is -2.21. The number of anilines is 2. The van der Waals surface area contributed by atoms with E-state index in [9.17, 15) is 5.11 Å². The van der Waals surface area contributed by atoms with Crippen molar-refractivity contribution >= 4 is 58.3 Å². The summed E-state index contributed by atoms with van der Waals surface area (Å²) >= 11 is 22.2. The van der Waals surface area contributed by atoms with Crippen molar-refractivity contribution in [3.63, 3.8) is 0 Å². The highest BCUT2D eigenvalue weighted by molar-refractivity contribution is 6.68. The molecule has 0 aromatic carbocycles. The fourth-order valence-electron chi connectivity index (χ4n) is 0.982. The number of aliphatic hydroxyl groups excluding tert-OH is 1. The molecule has 20 heavy (non-hydrogen) atoms. The first-order chi connectivity index (χ1) is 9.03. The molecule has 0 radical (unpaired) electrons. The van der Waals surface area contributed by atoms with Gasteiger partial charge in [-0.15, -0.1) is 0 Å². The molecule has 1 rings (SSSR count). The van der Waals surface area contributed by atoms with Gasteiger partial charge >= 0.3 is 0 Å². The van der Waals surface area contributed by atoms with Crippen LogP contribution in [0.3, 0.4) is 0 Å². The Morgan fingerprint density at radius 2 is 1.75 bits per heavy atom. The number of alkyl halides is 3. The van der Waals surface area contributed by atoms with Crippen LogP contribution < -0.4 is 10.6 Å². The molecule has 0 bridgehead atoms. The molecule has 0 fully saturated rings. The average molecular weight is 360 g/mol. The first-order valence-corrected chi connectivity index (χ1v) is 6.67. The Hall–Kier alpha value is -0.780. The molecule has 1 heterocycles. The normalized spacial score (nSPS) is 13.5. The highest BCUT2D eigenvalue weighted by Gasteiger charge is 2.31. The summed E-state index contributed by atoms with van der Waals surface area (Å²) in [5, 5.41) is 23.4. The number of nitrogens with zero attached hydrogens (tertiary/aromatic N) is 4. The van der Waals surface area contributed by atoms with Crippen LogP contribution in [0.4, 0.5) is 11.9 Å². The van der Waals surface area contributed by atoms with E-state index in [0.29, 0.717) is 0 Å². The summed E-state index contributed by atoms with van der Waals surface area (Å²) in [5.41, 5.74) is -0.921. The van der Waals surface area contributed by atoms with Gasteiger partial charge in [-0.3, -0.25) is 0 Å². The zero-order valence-electron chi connectivity index (χ0n) is 10.3. The maximum atomic E-state index is 9.58. The van der Waals surface area contributed by atoms with Gasteiger partial charge in [-0.25, -0.2) is 0 Å². The Morgan fingerprint density at radius 1 is 1.20 bits per heavy atom. The quantitative estimate of drug-likeness (QED) is 0.559. The SMILES string of the molecule is CC(C)(C#N)Nc1nc(Cl)nc(NC(O)C(Cl)(Cl)Cl)n1. The first kappa shape index (κ1) is 17.3. The summed E-state index contributed by atoms with van der Waals surface area (Å²) in [4.78, 5) is 11.4. The molecule has 0 saturated carbocycles. The van der Waals surface area contributed by atoms with E-state index in [2.05, 4.69) is 25.6 Å². The number of aromatic nitrogens is 3. The molecule has 1 aromatic rings. The number of aliphatic hydroxyl groups is 1. The summed E-state index contributed by atoms with van der Waals surface area (Å²) in [6.07, 6.45) is -1.55. The van der Waals surface area contributed by atoms with Crippen molar-refractivity contribution in [2.75, 3.05) is 10.6 Å². The van der Waals surface area contributed by atoms with Crippen molar-refractivity contribution in [1.29, 1.82) is 5.26 Å². The first-order valence-electron chi connectivity index (χ1n) is 5.16. The predicted molar refractivity (Wildman–Crippen MR) is 78.1 cm³/mol. The summed E-state index contributed by atoms with van der Waals surface area (Å²) < 4.78 is -1.97. The number of hydrogen-bond donors (Lipinski definition) is 3. The number of nitriles is 1. The van der Waals surface area contributed by atoms with Crippen LogP contribution >= 0.6 is 46.4 Å². The molecule has 11 heteroatoms. The van der Waals surface area contributed by atoms with E-state index in [1.165, 1.54) is 0 Å². The minimum absolute atomic E-state index is 0.0376. The second-order valence-corrected chi connectivity index (χ2v) is 6.91. The van der Waals surface area contributed by atoms with E-state index in [4.69, 9.17) is 51.7 Å². The zero-order valence-corrected chi connectivity index (χ0v) is 13.3. The molecule has 1 unspecified atom stereocenters. The molecule has 0 aliphatic rings. The van der Waals surface area contributed by atoms with Gasteiger partial charge in [-0.1, -0.05) is 34.8 Å². The number of hydrogen-bond acceptors (Lipinski definition) is 7. The standard InChI is InChI=1S/C9H10Cl4N6O/c1-8(2,3-14)19-7-17-5(10)16-6(18-7)15-4(20)9(11,12)13/h4,20H,1-2H3,(H2,15,16,17,18,19). The number of halogens is 4. The molecule has 0 aliphatic carbocycles. The summed E-state index contributed by atoms with van der Waals surface area (Å²) in [6.45, 7) is 3.24.